The molecule has 2 heteroatoms. The second kappa shape index (κ2) is 5.29. The van der Waals surface area contributed by atoms with Crippen molar-refractivity contribution in [1.29, 1.82) is 5.26 Å². The maximum absolute atomic E-state index is 8.92. The summed E-state index contributed by atoms with van der Waals surface area (Å²) in [7, 11) is 0. The minimum absolute atomic E-state index is 0.0857. The summed E-state index contributed by atoms with van der Waals surface area (Å²) in [6.07, 6.45) is 0.880. The summed E-state index contributed by atoms with van der Waals surface area (Å²) in [4.78, 5) is 0. The van der Waals surface area contributed by atoms with Gasteiger partial charge in [0.1, 0.15) is 6.04 Å². The molecule has 0 fully saturated rings. The van der Waals surface area contributed by atoms with Crippen molar-refractivity contribution in [3.8, 4) is 6.07 Å². The van der Waals surface area contributed by atoms with Crippen LogP contribution in [0.2, 0.25) is 0 Å². The molecule has 0 aliphatic rings. The van der Waals surface area contributed by atoms with E-state index in [9.17, 15) is 0 Å². The molecule has 0 aliphatic heterocycles. The summed E-state index contributed by atoms with van der Waals surface area (Å²) in [5.41, 5.74) is 1.01. The van der Waals surface area contributed by atoms with Gasteiger partial charge in [-0.25, -0.2) is 0 Å². The predicted molar refractivity (Wildman–Crippen MR) is 58.9 cm³/mol. The molecule has 0 saturated carbocycles. The second-order valence-electron chi connectivity index (χ2n) is 3.82. The van der Waals surface area contributed by atoms with Crippen LogP contribution in [0.4, 0.5) is 5.69 Å². The molecule has 1 aromatic rings. The van der Waals surface area contributed by atoms with Gasteiger partial charge < -0.3 is 5.32 Å². The van der Waals surface area contributed by atoms with Crippen LogP contribution in [0, 0.1) is 17.2 Å². The molecule has 74 valence electrons. The van der Waals surface area contributed by atoms with Gasteiger partial charge in [0, 0.05) is 5.69 Å². The predicted octanol–water partition coefficient (Wildman–Crippen LogP) is 3.04. The summed E-state index contributed by atoms with van der Waals surface area (Å²) in [5, 5.41) is 12.1. The van der Waals surface area contributed by atoms with Crippen LogP contribution >= 0.6 is 0 Å². The van der Waals surface area contributed by atoms with E-state index in [0.717, 1.165) is 12.1 Å². The van der Waals surface area contributed by atoms with Crippen molar-refractivity contribution in [1.82, 2.24) is 0 Å². The summed E-state index contributed by atoms with van der Waals surface area (Å²) in [5.74, 6) is 0.538. The molecule has 1 rings (SSSR count). The van der Waals surface area contributed by atoms with Gasteiger partial charge in [-0.1, -0.05) is 32.0 Å². The van der Waals surface area contributed by atoms with Crippen molar-refractivity contribution in [2.75, 3.05) is 5.32 Å². The van der Waals surface area contributed by atoms with Gasteiger partial charge in [-0.3, -0.25) is 0 Å². The monoisotopic (exact) mass is 188 g/mol. The first-order chi connectivity index (χ1) is 6.72. The quantitative estimate of drug-likeness (QED) is 0.788. The average Bonchev–Trinajstić information content (AvgIpc) is 2.17. The van der Waals surface area contributed by atoms with Crippen LogP contribution in [0.1, 0.15) is 20.3 Å². The Bertz CT molecular complexity index is 298. The summed E-state index contributed by atoms with van der Waals surface area (Å²) < 4.78 is 0. The number of nitriles is 1. The van der Waals surface area contributed by atoms with Crippen LogP contribution in [0.5, 0.6) is 0 Å². The number of rotatable bonds is 4. The van der Waals surface area contributed by atoms with E-state index >= 15 is 0 Å². The Morgan fingerprint density at radius 2 is 1.93 bits per heavy atom. The average molecular weight is 188 g/mol. The van der Waals surface area contributed by atoms with E-state index in [1.807, 2.05) is 30.3 Å². The molecular formula is C12H16N2. The highest BCUT2D eigenvalue weighted by Gasteiger charge is 2.08. The number of hydrogen-bond donors (Lipinski definition) is 1. The molecular weight excluding hydrogens is 172 g/mol. The Morgan fingerprint density at radius 1 is 1.29 bits per heavy atom. The molecule has 0 heterocycles. The lowest BCUT2D eigenvalue weighted by molar-refractivity contribution is 0.568. The van der Waals surface area contributed by atoms with Gasteiger partial charge in [0.25, 0.3) is 0 Å². The number of para-hydroxylation sites is 1. The molecule has 0 radical (unpaired) electrons. The number of benzene rings is 1. The highest BCUT2D eigenvalue weighted by Crippen LogP contribution is 2.11. The van der Waals surface area contributed by atoms with Crippen molar-refractivity contribution in [2.45, 2.75) is 26.3 Å². The molecule has 0 saturated heterocycles. The second-order valence-corrected chi connectivity index (χ2v) is 3.82. The topological polar surface area (TPSA) is 35.8 Å². The third kappa shape index (κ3) is 3.49. The molecule has 14 heavy (non-hydrogen) atoms. The lowest BCUT2D eigenvalue weighted by Crippen LogP contribution is -2.19. The van der Waals surface area contributed by atoms with Crippen molar-refractivity contribution in [2.24, 2.45) is 5.92 Å². The minimum atomic E-state index is -0.0857. The van der Waals surface area contributed by atoms with Crippen LogP contribution in [-0.4, -0.2) is 6.04 Å². The maximum atomic E-state index is 8.92. The highest BCUT2D eigenvalue weighted by atomic mass is 14.9. The molecule has 1 aromatic carbocycles. The van der Waals surface area contributed by atoms with Crippen LogP contribution in [0.15, 0.2) is 30.3 Å². The zero-order valence-electron chi connectivity index (χ0n) is 8.70. The molecule has 2 nitrogen and oxygen atoms in total. The molecule has 0 spiro atoms. The van der Waals surface area contributed by atoms with E-state index in [4.69, 9.17) is 5.26 Å². The molecule has 0 aromatic heterocycles. The van der Waals surface area contributed by atoms with E-state index in [-0.39, 0.29) is 6.04 Å². The SMILES string of the molecule is CC(C)C[C@@H](C#N)Nc1ccccc1. The molecule has 0 amide bonds. The largest absolute Gasteiger partial charge is 0.370 e. The Balaban J connectivity index is 2.54. The standard InChI is InChI=1S/C12H16N2/c1-10(2)8-12(9-13)14-11-6-4-3-5-7-11/h3-7,10,12,14H,8H2,1-2H3/t12-/m0/s1. The minimum Gasteiger partial charge on any atom is -0.370 e. The third-order valence-electron chi connectivity index (χ3n) is 1.98. The summed E-state index contributed by atoms with van der Waals surface area (Å²) in [6.45, 7) is 4.24. The van der Waals surface area contributed by atoms with Crippen LogP contribution < -0.4 is 5.32 Å². The van der Waals surface area contributed by atoms with E-state index in [2.05, 4.69) is 25.2 Å². The number of anilines is 1. The number of nitrogens with zero attached hydrogens (tertiary/aromatic N) is 1. The van der Waals surface area contributed by atoms with Gasteiger partial charge in [-0.2, -0.15) is 5.26 Å². The Hall–Kier alpha value is -1.49. The number of hydrogen-bond acceptors (Lipinski definition) is 2. The van der Waals surface area contributed by atoms with Gasteiger partial charge in [-0.15, -0.1) is 0 Å². The third-order valence-corrected chi connectivity index (χ3v) is 1.98. The molecule has 1 N–H and O–H groups in total. The fourth-order valence-electron chi connectivity index (χ4n) is 1.35. The van der Waals surface area contributed by atoms with Crippen LogP contribution in [0.3, 0.4) is 0 Å². The van der Waals surface area contributed by atoms with Gasteiger partial charge in [-0.05, 0) is 24.5 Å². The smallest absolute Gasteiger partial charge is 0.114 e. The van der Waals surface area contributed by atoms with Gasteiger partial charge >= 0.3 is 0 Å². The normalized spacial score (nSPS) is 12.1. The van der Waals surface area contributed by atoms with Crippen molar-refractivity contribution in [3.63, 3.8) is 0 Å². The van der Waals surface area contributed by atoms with Crippen LogP contribution in [-0.2, 0) is 0 Å². The molecule has 0 aliphatic carbocycles. The first kappa shape index (κ1) is 10.6. The van der Waals surface area contributed by atoms with Crippen LogP contribution in [0.25, 0.3) is 0 Å². The lowest BCUT2D eigenvalue weighted by Gasteiger charge is -2.14. The fourth-order valence-corrected chi connectivity index (χ4v) is 1.35. The first-order valence-electron chi connectivity index (χ1n) is 4.93. The molecule has 0 bridgehead atoms. The zero-order valence-corrected chi connectivity index (χ0v) is 8.70. The van der Waals surface area contributed by atoms with Crippen molar-refractivity contribution in [3.05, 3.63) is 30.3 Å². The van der Waals surface area contributed by atoms with E-state index in [1.54, 1.807) is 0 Å². The van der Waals surface area contributed by atoms with Gasteiger partial charge in [0.2, 0.25) is 0 Å². The zero-order chi connectivity index (χ0) is 10.4. The van der Waals surface area contributed by atoms with E-state index < -0.39 is 0 Å². The fraction of sp³-hybridized carbons (Fsp3) is 0.417. The summed E-state index contributed by atoms with van der Waals surface area (Å²) in [6, 6.07) is 12.0. The van der Waals surface area contributed by atoms with Crippen molar-refractivity contribution < 1.29 is 0 Å². The Kier molecular flexibility index (Phi) is 4.00. The van der Waals surface area contributed by atoms with Crippen molar-refractivity contribution >= 4 is 5.69 Å². The summed E-state index contributed by atoms with van der Waals surface area (Å²) >= 11 is 0. The number of nitrogens with one attached hydrogen (secondary N) is 1. The molecule has 0 unspecified atom stereocenters. The molecule has 1 atom stereocenters. The maximum Gasteiger partial charge on any atom is 0.114 e. The van der Waals surface area contributed by atoms with Gasteiger partial charge in [0.05, 0.1) is 6.07 Å². The Labute approximate surface area is 85.6 Å². The Morgan fingerprint density at radius 3 is 2.43 bits per heavy atom. The van der Waals surface area contributed by atoms with E-state index in [1.165, 1.54) is 0 Å². The van der Waals surface area contributed by atoms with Gasteiger partial charge in [0.15, 0.2) is 0 Å². The lowest BCUT2D eigenvalue weighted by atomic mass is 10.0. The first-order valence-corrected chi connectivity index (χ1v) is 4.93. The highest BCUT2D eigenvalue weighted by molar-refractivity contribution is 5.44. The van der Waals surface area contributed by atoms with E-state index in [0.29, 0.717) is 5.92 Å².